The van der Waals surface area contributed by atoms with E-state index >= 15 is 0 Å². The van der Waals surface area contributed by atoms with Gasteiger partial charge < -0.3 is 9.84 Å². The number of nitrogens with zero attached hydrogens (tertiary/aromatic N) is 2. The number of halogens is 1. The van der Waals surface area contributed by atoms with Crippen LogP contribution in [0.4, 0.5) is 0 Å². The third-order valence-corrected chi connectivity index (χ3v) is 5.04. The number of hydrogen-bond donors (Lipinski definition) is 2. The van der Waals surface area contributed by atoms with Gasteiger partial charge in [0.05, 0.1) is 0 Å². The summed E-state index contributed by atoms with van der Waals surface area (Å²) in [6, 6.07) is 14.7. The number of carboxylic acids is 1. The second kappa shape index (κ2) is 10.1. The monoisotopic (exact) mass is 429 g/mol. The van der Waals surface area contributed by atoms with E-state index in [0.29, 0.717) is 22.5 Å². The molecule has 0 spiro atoms. The van der Waals surface area contributed by atoms with E-state index in [-0.39, 0.29) is 4.91 Å². The van der Waals surface area contributed by atoms with E-state index in [1.165, 1.54) is 0 Å². The topological polar surface area (TPSA) is 88.1 Å². The number of H-pyrrole nitrogens is 1. The van der Waals surface area contributed by atoms with E-state index in [0.717, 1.165) is 41.6 Å². The quantitative estimate of drug-likeness (QED) is 0.358. The molecule has 0 aliphatic carbocycles. The molecule has 0 aliphatic rings. The first kappa shape index (κ1) is 21.0. The van der Waals surface area contributed by atoms with Crippen molar-refractivity contribution in [3.8, 4) is 5.75 Å². The van der Waals surface area contributed by atoms with Gasteiger partial charge in [-0.25, -0.2) is 9.78 Å². The number of aromatic nitrogens is 3. The van der Waals surface area contributed by atoms with Crippen LogP contribution in [0, 0.1) is 0 Å². The number of carboxylic acid groups (broad SMARTS) is 1. The molecule has 0 unspecified atom stereocenters. The average molecular weight is 430 g/mol. The molecule has 2 aromatic carbocycles. The summed E-state index contributed by atoms with van der Waals surface area (Å²) in [6.45, 7) is 2.47. The van der Waals surface area contributed by atoms with E-state index in [4.69, 9.17) is 16.3 Å². The highest BCUT2D eigenvalue weighted by atomic mass is 35.5. The van der Waals surface area contributed by atoms with E-state index in [9.17, 15) is 9.90 Å². The number of carbonyl (C=O) groups is 1. The van der Waals surface area contributed by atoms with Crippen LogP contribution in [0.25, 0.3) is 6.08 Å². The van der Waals surface area contributed by atoms with Gasteiger partial charge in [-0.15, -0.1) is 5.10 Å². The summed E-state index contributed by atoms with van der Waals surface area (Å²) in [5.74, 6) is 0.418. The highest BCUT2D eigenvalue weighted by Crippen LogP contribution is 2.26. The predicted molar refractivity (Wildman–Crippen MR) is 114 cm³/mol. The Morgan fingerprint density at radius 3 is 2.59 bits per heavy atom. The second-order valence-corrected chi connectivity index (χ2v) is 7.66. The maximum atomic E-state index is 11.6. The van der Waals surface area contributed by atoms with Crippen molar-refractivity contribution in [2.45, 2.75) is 31.5 Å². The van der Waals surface area contributed by atoms with Gasteiger partial charge in [-0.05, 0) is 59.7 Å². The van der Waals surface area contributed by atoms with Crippen molar-refractivity contribution >= 4 is 35.4 Å². The summed E-state index contributed by atoms with van der Waals surface area (Å²) in [5.41, 5.74) is 1.76. The fraction of sp³-hybridized carbons (Fsp3) is 0.190. The number of thioether (sulfide) groups is 1. The Kier molecular flexibility index (Phi) is 7.32. The highest BCUT2D eigenvalue weighted by molar-refractivity contribution is 8.04. The molecule has 29 heavy (non-hydrogen) atoms. The Balaban J connectivity index is 1.64. The maximum absolute atomic E-state index is 11.6. The van der Waals surface area contributed by atoms with Crippen LogP contribution in [0.2, 0.25) is 5.02 Å². The van der Waals surface area contributed by atoms with Crippen LogP contribution in [0.15, 0.2) is 58.6 Å². The molecule has 150 valence electrons. The first-order valence-corrected chi connectivity index (χ1v) is 10.2. The summed E-state index contributed by atoms with van der Waals surface area (Å²) in [4.78, 5) is 16.0. The van der Waals surface area contributed by atoms with E-state index in [1.807, 2.05) is 31.2 Å². The van der Waals surface area contributed by atoms with Gasteiger partial charge in [0.15, 0.2) is 0 Å². The molecule has 3 aromatic rings. The molecule has 0 aliphatic heterocycles. The second-order valence-electron chi connectivity index (χ2n) is 6.21. The summed E-state index contributed by atoms with van der Waals surface area (Å²) in [7, 11) is 0. The summed E-state index contributed by atoms with van der Waals surface area (Å²) >= 11 is 6.89. The average Bonchev–Trinajstić information content (AvgIpc) is 3.15. The number of rotatable bonds is 9. The molecule has 0 bridgehead atoms. The molecule has 0 saturated heterocycles. The number of nitrogens with one attached hydrogen (secondary N) is 1. The molecule has 2 N–H and O–H groups in total. The molecule has 6 nitrogen and oxygen atoms in total. The zero-order valence-corrected chi connectivity index (χ0v) is 17.3. The van der Waals surface area contributed by atoms with Gasteiger partial charge in [0.1, 0.15) is 23.1 Å². The lowest BCUT2D eigenvalue weighted by atomic mass is 10.2. The standard InChI is InChI=1S/C21H20ClN3O3S/c1-2-3-19-23-21(25-24-19)29-18(20(26)27)12-14-6-10-17(11-7-14)28-13-15-4-8-16(22)9-5-15/h4-12H,2-3,13H2,1H3,(H,26,27)(H,23,24,25)/b18-12-. The van der Waals surface area contributed by atoms with Crippen LogP contribution >= 0.6 is 23.4 Å². The van der Waals surface area contributed by atoms with Crippen LogP contribution in [-0.4, -0.2) is 26.3 Å². The van der Waals surface area contributed by atoms with Gasteiger partial charge in [-0.1, -0.05) is 42.8 Å². The molecule has 0 radical (unpaired) electrons. The maximum Gasteiger partial charge on any atom is 0.342 e. The number of hydrogen-bond acceptors (Lipinski definition) is 5. The number of ether oxygens (including phenoxy) is 1. The fourth-order valence-electron chi connectivity index (χ4n) is 2.46. The van der Waals surface area contributed by atoms with Gasteiger partial charge >= 0.3 is 5.97 Å². The molecule has 1 aromatic heterocycles. The summed E-state index contributed by atoms with van der Waals surface area (Å²) < 4.78 is 5.75. The van der Waals surface area contributed by atoms with E-state index in [2.05, 4.69) is 15.2 Å². The minimum Gasteiger partial charge on any atom is -0.489 e. The van der Waals surface area contributed by atoms with Crippen LogP contribution < -0.4 is 4.74 Å². The van der Waals surface area contributed by atoms with Crippen LogP contribution in [-0.2, 0) is 17.8 Å². The number of aromatic amines is 1. The lowest BCUT2D eigenvalue weighted by Gasteiger charge is -2.07. The minimum atomic E-state index is -1.03. The Morgan fingerprint density at radius 2 is 1.93 bits per heavy atom. The van der Waals surface area contributed by atoms with Crippen LogP contribution in [0.3, 0.4) is 0 Å². The Bertz CT molecular complexity index is 985. The van der Waals surface area contributed by atoms with Crippen molar-refractivity contribution in [2.75, 3.05) is 0 Å². The molecule has 0 amide bonds. The van der Waals surface area contributed by atoms with Crippen molar-refractivity contribution in [1.29, 1.82) is 0 Å². The molecule has 3 rings (SSSR count). The summed E-state index contributed by atoms with van der Waals surface area (Å²) in [5, 5.41) is 17.5. The SMILES string of the molecule is CCCc1nc(S/C(=C\c2ccc(OCc3ccc(Cl)cc3)cc2)C(=O)O)n[nH]1. The van der Waals surface area contributed by atoms with E-state index < -0.39 is 5.97 Å². The summed E-state index contributed by atoms with van der Waals surface area (Å²) in [6.07, 6.45) is 3.30. The van der Waals surface area contributed by atoms with Gasteiger partial charge in [-0.2, -0.15) is 0 Å². The van der Waals surface area contributed by atoms with Crippen molar-refractivity contribution in [2.24, 2.45) is 0 Å². The molecule has 1 heterocycles. The predicted octanol–water partition coefficient (Wildman–Crippen LogP) is 5.21. The largest absolute Gasteiger partial charge is 0.489 e. The van der Waals surface area contributed by atoms with Gasteiger partial charge in [0.2, 0.25) is 5.16 Å². The van der Waals surface area contributed by atoms with Crippen molar-refractivity contribution < 1.29 is 14.6 Å². The van der Waals surface area contributed by atoms with Gasteiger partial charge in [0.25, 0.3) is 0 Å². The zero-order chi connectivity index (χ0) is 20.6. The molecule has 8 heteroatoms. The molecule has 0 atom stereocenters. The van der Waals surface area contributed by atoms with Crippen LogP contribution in [0.5, 0.6) is 5.75 Å². The van der Waals surface area contributed by atoms with Crippen molar-refractivity contribution in [3.63, 3.8) is 0 Å². The first-order valence-electron chi connectivity index (χ1n) is 9.05. The Hall–Kier alpha value is -2.77. The molecular formula is C21H20ClN3O3S. The lowest BCUT2D eigenvalue weighted by molar-refractivity contribution is -0.131. The molecule has 0 fully saturated rings. The fourth-order valence-corrected chi connectivity index (χ4v) is 3.32. The third-order valence-electron chi connectivity index (χ3n) is 3.91. The first-order chi connectivity index (χ1) is 14.0. The van der Waals surface area contributed by atoms with E-state index in [1.54, 1.807) is 30.3 Å². The van der Waals surface area contributed by atoms with Crippen LogP contribution in [0.1, 0.15) is 30.3 Å². The van der Waals surface area contributed by atoms with Gasteiger partial charge in [-0.3, -0.25) is 5.10 Å². The Morgan fingerprint density at radius 1 is 1.21 bits per heavy atom. The van der Waals surface area contributed by atoms with Gasteiger partial charge in [0, 0.05) is 11.4 Å². The highest BCUT2D eigenvalue weighted by Gasteiger charge is 2.13. The number of aryl methyl sites for hydroxylation is 1. The Labute approximate surface area is 178 Å². The third kappa shape index (κ3) is 6.37. The normalized spacial score (nSPS) is 11.4. The smallest absolute Gasteiger partial charge is 0.342 e. The van der Waals surface area contributed by atoms with Crippen molar-refractivity contribution in [3.05, 3.63) is 75.4 Å². The molecular weight excluding hydrogens is 410 g/mol. The number of benzene rings is 2. The lowest BCUT2D eigenvalue weighted by Crippen LogP contribution is -1.97. The number of aliphatic carboxylic acids is 1. The zero-order valence-electron chi connectivity index (χ0n) is 15.8. The van der Waals surface area contributed by atoms with Crippen molar-refractivity contribution in [1.82, 2.24) is 15.2 Å². The minimum absolute atomic E-state index is 0.141. The molecule has 0 saturated carbocycles.